The molecular formula is C29H30N2O8S. The zero-order chi connectivity index (χ0) is 29.0. The van der Waals surface area contributed by atoms with Gasteiger partial charge in [-0.05, 0) is 62.2 Å². The molecule has 1 unspecified atom stereocenters. The second-order valence-electron chi connectivity index (χ2n) is 8.65. The summed E-state index contributed by atoms with van der Waals surface area (Å²) in [6.45, 7) is 7.23. The summed E-state index contributed by atoms with van der Waals surface area (Å²) in [5.41, 5.74) is 1.61. The van der Waals surface area contributed by atoms with E-state index >= 15 is 0 Å². The minimum Gasteiger partial charge on any atom is -0.493 e. The molecule has 0 saturated carbocycles. The molecule has 1 aromatic heterocycles. The van der Waals surface area contributed by atoms with Crippen LogP contribution in [0.25, 0.3) is 6.08 Å². The first-order chi connectivity index (χ1) is 19.2. The van der Waals surface area contributed by atoms with Crippen LogP contribution in [0.1, 0.15) is 44.9 Å². The first-order valence-electron chi connectivity index (χ1n) is 12.6. The number of carbonyl (C=O) groups excluding carboxylic acids is 2. The highest BCUT2D eigenvalue weighted by molar-refractivity contribution is 7.07. The predicted molar refractivity (Wildman–Crippen MR) is 149 cm³/mol. The molecule has 0 spiro atoms. The lowest BCUT2D eigenvalue weighted by Crippen LogP contribution is -2.40. The van der Waals surface area contributed by atoms with E-state index in [9.17, 15) is 14.4 Å². The van der Waals surface area contributed by atoms with Crippen molar-refractivity contribution in [3.05, 3.63) is 78.5 Å². The number of rotatable bonds is 9. The molecule has 0 aliphatic carbocycles. The largest absolute Gasteiger partial charge is 0.493 e. The average Bonchev–Trinajstić information content (AvgIpc) is 3.22. The fourth-order valence-electron chi connectivity index (χ4n) is 4.40. The molecular weight excluding hydrogens is 536 g/mol. The summed E-state index contributed by atoms with van der Waals surface area (Å²) < 4.78 is 29.0. The maximum absolute atomic E-state index is 13.9. The summed E-state index contributed by atoms with van der Waals surface area (Å²) >= 11 is 1.20. The van der Waals surface area contributed by atoms with Gasteiger partial charge in [-0.15, -0.1) is 0 Å². The predicted octanol–water partition coefficient (Wildman–Crippen LogP) is 3.14. The van der Waals surface area contributed by atoms with Crippen LogP contribution in [0.4, 0.5) is 0 Å². The molecule has 0 N–H and O–H groups in total. The normalized spacial score (nSPS) is 14.8. The Morgan fingerprint density at radius 3 is 2.35 bits per heavy atom. The quantitative estimate of drug-likeness (QED) is 0.287. The first kappa shape index (κ1) is 28.6. The summed E-state index contributed by atoms with van der Waals surface area (Å²) in [6.07, 6.45) is 1.74. The maximum atomic E-state index is 13.9. The van der Waals surface area contributed by atoms with Gasteiger partial charge in [0.15, 0.2) is 27.8 Å². The van der Waals surface area contributed by atoms with Gasteiger partial charge in [0.2, 0.25) is 0 Å². The van der Waals surface area contributed by atoms with Crippen molar-refractivity contribution in [1.82, 2.24) is 4.57 Å². The zero-order valence-electron chi connectivity index (χ0n) is 23.1. The van der Waals surface area contributed by atoms with Crippen molar-refractivity contribution in [2.45, 2.75) is 33.7 Å². The molecule has 210 valence electrons. The molecule has 0 bridgehead atoms. The van der Waals surface area contributed by atoms with Crippen LogP contribution in [-0.2, 0) is 14.3 Å². The van der Waals surface area contributed by atoms with Crippen LogP contribution in [0.15, 0.2) is 57.5 Å². The second kappa shape index (κ2) is 12.2. The number of benzene rings is 2. The van der Waals surface area contributed by atoms with Crippen LogP contribution in [0.3, 0.4) is 0 Å². The number of ether oxygens (including phenoxy) is 5. The lowest BCUT2D eigenvalue weighted by molar-refractivity contribution is -0.139. The zero-order valence-corrected chi connectivity index (χ0v) is 23.9. The molecule has 0 radical (unpaired) electrons. The van der Waals surface area contributed by atoms with E-state index in [1.54, 1.807) is 57.4 Å². The van der Waals surface area contributed by atoms with E-state index < -0.39 is 18.0 Å². The van der Waals surface area contributed by atoms with Gasteiger partial charge in [-0.3, -0.25) is 14.2 Å². The number of esters is 2. The van der Waals surface area contributed by atoms with Crippen molar-refractivity contribution in [2.75, 3.05) is 27.4 Å². The summed E-state index contributed by atoms with van der Waals surface area (Å²) in [6, 6.07) is 9.43. The minimum atomic E-state index is -0.854. The third kappa shape index (κ3) is 5.64. The van der Waals surface area contributed by atoms with E-state index in [0.717, 1.165) is 5.56 Å². The van der Waals surface area contributed by atoms with Gasteiger partial charge in [0.1, 0.15) is 0 Å². The number of hydrogen-bond acceptors (Lipinski definition) is 10. The van der Waals surface area contributed by atoms with Crippen molar-refractivity contribution in [3.8, 4) is 23.0 Å². The summed E-state index contributed by atoms with van der Waals surface area (Å²) in [5, 5.41) is 0. The Hall–Kier alpha value is -4.38. The molecule has 2 aromatic carbocycles. The third-order valence-corrected chi connectivity index (χ3v) is 7.04. The standard InChI is InChI=1S/C29H30N2O8S/c1-7-37-20-11-9-18(13-22(20)35-5)14-24-27(33)31-26(19-10-12-21(39-17(4)32)23(15-19)36-6)25(28(34)38-8-2)16(3)30-29(31)40-24/h9-15,26H,7-8H2,1-6H3/b24-14+. The topological polar surface area (TPSA) is 115 Å². The van der Waals surface area contributed by atoms with Gasteiger partial charge in [0.05, 0.1) is 49.3 Å². The Labute approximate surface area is 234 Å². The molecule has 4 rings (SSSR count). The molecule has 1 aliphatic rings. The highest BCUT2D eigenvalue weighted by Crippen LogP contribution is 2.36. The van der Waals surface area contributed by atoms with Crippen molar-refractivity contribution in [1.29, 1.82) is 0 Å². The molecule has 1 aliphatic heterocycles. The Kier molecular flexibility index (Phi) is 8.73. The van der Waals surface area contributed by atoms with E-state index in [0.29, 0.717) is 38.7 Å². The molecule has 11 heteroatoms. The molecule has 40 heavy (non-hydrogen) atoms. The van der Waals surface area contributed by atoms with E-state index in [1.165, 1.54) is 29.9 Å². The molecule has 1 atom stereocenters. The van der Waals surface area contributed by atoms with Gasteiger partial charge < -0.3 is 23.7 Å². The van der Waals surface area contributed by atoms with Crippen molar-refractivity contribution in [2.24, 2.45) is 4.99 Å². The number of allylic oxidation sites excluding steroid dienone is 1. The Morgan fingerprint density at radius 2 is 1.70 bits per heavy atom. The van der Waals surface area contributed by atoms with E-state index in [4.69, 9.17) is 23.7 Å². The minimum absolute atomic E-state index is 0.154. The summed E-state index contributed by atoms with van der Waals surface area (Å²) in [4.78, 5) is 43.6. The Bertz CT molecular complexity index is 1670. The smallest absolute Gasteiger partial charge is 0.338 e. The maximum Gasteiger partial charge on any atom is 0.338 e. The molecule has 0 saturated heterocycles. The van der Waals surface area contributed by atoms with Gasteiger partial charge >= 0.3 is 11.9 Å². The van der Waals surface area contributed by atoms with Crippen molar-refractivity contribution >= 4 is 29.4 Å². The van der Waals surface area contributed by atoms with Crippen LogP contribution < -0.4 is 33.8 Å². The number of fused-ring (bicyclic) bond motifs is 1. The monoisotopic (exact) mass is 566 g/mol. The molecule has 2 heterocycles. The van der Waals surface area contributed by atoms with Crippen LogP contribution in [0.5, 0.6) is 23.0 Å². The number of thiazole rings is 1. The first-order valence-corrected chi connectivity index (χ1v) is 13.4. The van der Waals surface area contributed by atoms with Crippen molar-refractivity contribution < 1.29 is 33.3 Å². The number of carbonyl (C=O) groups is 2. The van der Waals surface area contributed by atoms with E-state index in [1.807, 2.05) is 13.0 Å². The van der Waals surface area contributed by atoms with Crippen LogP contribution in [-0.4, -0.2) is 43.9 Å². The number of nitrogens with zero attached hydrogens (tertiary/aromatic N) is 2. The second-order valence-corrected chi connectivity index (χ2v) is 9.66. The highest BCUT2D eigenvalue weighted by atomic mass is 32.1. The molecule has 0 amide bonds. The highest BCUT2D eigenvalue weighted by Gasteiger charge is 2.34. The van der Waals surface area contributed by atoms with Crippen LogP contribution in [0, 0.1) is 0 Å². The molecule has 3 aromatic rings. The number of methoxy groups -OCH3 is 2. The SMILES string of the molecule is CCOC(=O)C1=C(C)N=c2s/c(=C/c3ccc(OCC)c(OC)c3)c(=O)n2C1c1ccc(OC(C)=O)c(OC)c1. The van der Waals surface area contributed by atoms with Crippen molar-refractivity contribution in [3.63, 3.8) is 0 Å². The van der Waals surface area contributed by atoms with Crippen LogP contribution in [0.2, 0.25) is 0 Å². The number of hydrogen-bond donors (Lipinski definition) is 0. The third-order valence-electron chi connectivity index (χ3n) is 6.06. The molecule has 10 nitrogen and oxygen atoms in total. The van der Waals surface area contributed by atoms with Crippen LogP contribution >= 0.6 is 11.3 Å². The van der Waals surface area contributed by atoms with Gasteiger partial charge in [0.25, 0.3) is 5.56 Å². The summed E-state index contributed by atoms with van der Waals surface area (Å²) in [7, 11) is 2.99. The van der Waals surface area contributed by atoms with E-state index in [2.05, 4.69) is 4.99 Å². The van der Waals surface area contributed by atoms with Gasteiger partial charge in [-0.1, -0.05) is 23.5 Å². The Morgan fingerprint density at radius 1 is 1.00 bits per heavy atom. The van der Waals surface area contributed by atoms with Gasteiger partial charge in [-0.25, -0.2) is 9.79 Å². The number of aromatic nitrogens is 1. The summed E-state index contributed by atoms with van der Waals surface area (Å²) in [5.74, 6) is 0.546. The lowest BCUT2D eigenvalue weighted by Gasteiger charge is -2.25. The fraction of sp³-hybridized carbons (Fsp3) is 0.310. The fourth-order valence-corrected chi connectivity index (χ4v) is 5.45. The van der Waals surface area contributed by atoms with Gasteiger partial charge in [-0.2, -0.15) is 0 Å². The Balaban J connectivity index is 1.92. The van der Waals surface area contributed by atoms with E-state index in [-0.39, 0.29) is 29.2 Å². The lowest BCUT2D eigenvalue weighted by atomic mass is 9.95. The average molecular weight is 567 g/mol. The van der Waals surface area contributed by atoms with Gasteiger partial charge in [0, 0.05) is 6.92 Å². The molecule has 0 fully saturated rings.